The van der Waals surface area contributed by atoms with Gasteiger partial charge in [-0.3, -0.25) is 0 Å². The molecule has 2 aromatic carbocycles. The summed E-state index contributed by atoms with van der Waals surface area (Å²) in [6.07, 6.45) is 0. The lowest BCUT2D eigenvalue weighted by Crippen LogP contribution is -1.95. The molecule has 2 N–H and O–H groups in total. The van der Waals surface area contributed by atoms with Crippen molar-refractivity contribution in [2.45, 2.75) is 20.8 Å². The van der Waals surface area contributed by atoms with Crippen molar-refractivity contribution in [3.63, 3.8) is 0 Å². The van der Waals surface area contributed by atoms with E-state index in [4.69, 9.17) is 10.5 Å². The van der Waals surface area contributed by atoms with Gasteiger partial charge in [0.25, 0.3) is 0 Å². The maximum atomic E-state index is 5.94. The van der Waals surface area contributed by atoms with Gasteiger partial charge in [0.15, 0.2) is 0 Å². The number of para-hydroxylation sites is 1. The van der Waals surface area contributed by atoms with Gasteiger partial charge in [0.1, 0.15) is 11.5 Å². The summed E-state index contributed by atoms with van der Waals surface area (Å²) in [5.41, 5.74) is 9.99. The zero-order valence-electron chi connectivity index (χ0n) is 10.4. The molecule has 0 spiro atoms. The molecule has 2 nitrogen and oxygen atoms in total. The van der Waals surface area contributed by atoms with Crippen LogP contribution in [0.1, 0.15) is 16.7 Å². The summed E-state index contributed by atoms with van der Waals surface area (Å²) < 4.78 is 5.90. The molecule has 0 bridgehead atoms. The molecule has 2 heteroatoms. The maximum Gasteiger partial charge on any atom is 0.150 e. The third-order valence-corrected chi connectivity index (χ3v) is 2.79. The maximum absolute atomic E-state index is 5.94. The van der Waals surface area contributed by atoms with Gasteiger partial charge in [0, 0.05) is 0 Å². The van der Waals surface area contributed by atoms with Crippen molar-refractivity contribution in [1.29, 1.82) is 0 Å². The molecule has 0 radical (unpaired) electrons. The van der Waals surface area contributed by atoms with Gasteiger partial charge < -0.3 is 10.5 Å². The molecule has 0 saturated carbocycles. The van der Waals surface area contributed by atoms with Gasteiger partial charge in [-0.05, 0) is 49.6 Å². The summed E-state index contributed by atoms with van der Waals surface area (Å²) in [5, 5.41) is 0. The number of benzene rings is 2. The monoisotopic (exact) mass is 227 g/mol. The second-order valence-electron chi connectivity index (χ2n) is 4.36. The highest BCUT2D eigenvalue weighted by molar-refractivity contribution is 5.56. The number of hydrogen-bond acceptors (Lipinski definition) is 2. The minimum atomic E-state index is 0.674. The van der Waals surface area contributed by atoms with E-state index in [9.17, 15) is 0 Å². The van der Waals surface area contributed by atoms with Gasteiger partial charge >= 0.3 is 0 Å². The Morgan fingerprint density at radius 3 is 2.18 bits per heavy atom. The molecule has 0 aliphatic rings. The Kier molecular flexibility index (Phi) is 3.05. The number of rotatable bonds is 2. The first kappa shape index (κ1) is 11.5. The zero-order chi connectivity index (χ0) is 12.4. The molecular formula is C15H17NO. The van der Waals surface area contributed by atoms with E-state index < -0.39 is 0 Å². The standard InChI is InChI=1S/C15H17NO/c1-10-7-8-14(13(16)9-10)17-15-11(2)5-4-6-12(15)3/h4-9H,16H2,1-3H3. The summed E-state index contributed by atoms with van der Waals surface area (Å²) in [6, 6.07) is 11.9. The molecule has 0 aliphatic heterocycles. The number of nitrogens with two attached hydrogens (primary N) is 1. The average molecular weight is 227 g/mol. The van der Waals surface area contributed by atoms with Crippen LogP contribution in [0.15, 0.2) is 36.4 Å². The Bertz CT molecular complexity index is 526. The van der Waals surface area contributed by atoms with Crippen LogP contribution in [-0.2, 0) is 0 Å². The van der Waals surface area contributed by atoms with Crippen molar-refractivity contribution in [3.05, 3.63) is 53.1 Å². The largest absolute Gasteiger partial charge is 0.455 e. The predicted molar refractivity (Wildman–Crippen MR) is 71.6 cm³/mol. The second kappa shape index (κ2) is 4.50. The van der Waals surface area contributed by atoms with E-state index >= 15 is 0 Å². The van der Waals surface area contributed by atoms with Crippen LogP contribution in [0.5, 0.6) is 11.5 Å². The Morgan fingerprint density at radius 2 is 1.59 bits per heavy atom. The van der Waals surface area contributed by atoms with Crippen LogP contribution in [0.4, 0.5) is 5.69 Å². The van der Waals surface area contributed by atoms with Gasteiger partial charge in [-0.15, -0.1) is 0 Å². The molecule has 17 heavy (non-hydrogen) atoms. The molecular weight excluding hydrogens is 210 g/mol. The molecule has 0 heterocycles. The van der Waals surface area contributed by atoms with Crippen molar-refractivity contribution >= 4 is 5.69 Å². The van der Waals surface area contributed by atoms with Gasteiger partial charge in [-0.25, -0.2) is 0 Å². The van der Waals surface area contributed by atoms with Crippen LogP contribution in [0, 0.1) is 20.8 Å². The number of nitrogen functional groups attached to an aromatic ring is 1. The number of aryl methyl sites for hydroxylation is 3. The molecule has 0 amide bonds. The van der Waals surface area contributed by atoms with Crippen LogP contribution in [0.25, 0.3) is 0 Å². The molecule has 0 saturated heterocycles. The number of anilines is 1. The quantitative estimate of drug-likeness (QED) is 0.787. The molecule has 0 atom stereocenters. The molecule has 0 unspecified atom stereocenters. The van der Waals surface area contributed by atoms with Crippen molar-refractivity contribution in [3.8, 4) is 11.5 Å². The average Bonchev–Trinajstić information content (AvgIpc) is 2.26. The highest BCUT2D eigenvalue weighted by Crippen LogP contribution is 2.32. The van der Waals surface area contributed by atoms with Crippen LogP contribution < -0.4 is 10.5 Å². The van der Waals surface area contributed by atoms with E-state index in [1.54, 1.807) is 0 Å². The molecule has 0 aromatic heterocycles. The van der Waals surface area contributed by atoms with Crippen LogP contribution >= 0.6 is 0 Å². The lowest BCUT2D eigenvalue weighted by atomic mass is 10.1. The van der Waals surface area contributed by atoms with E-state index in [1.807, 2.05) is 57.2 Å². The predicted octanol–water partition coefficient (Wildman–Crippen LogP) is 3.99. The van der Waals surface area contributed by atoms with Crippen LogP contribution in [-0.4, -0.2) is 0 Å². The molecule has 2 rings (SSSR count). The fourth-order valence-electron chi connectivity index (χ4n) is 1.83. The van der Waals surface area contributed by atoms with Crippen LogP contribution in [0.3, 0.4) is 0 Å². The Hall–Kier alpha value is -1.96. The van der Waals surface area contributed by atoms with E-state index in [0.717, 1.165) is 22.4 Å². The van der Waals surface area contributed by atoms with Crippen molar-refractivity contribution in [1.82, 2.24) is 0 Å². The SMILES string of the molecule is Cc1ccc(Oc2c(C)cccc2C)c(N)c1. The second-order valence-corrected chi connectivity index (χ2v) is 4.36. The molecule has 0 fully saturated rings. The zero-order valence-corrected chi connectivity index (χ0v) is 10.4. The van der Waals surface area contributed by atoms with Gasteiger partial charge in [0.2, 0.25) is 0 Å². The molecule has 0 aliphatic carbocycles. The Morgan fingerprint density at radius 1 is 0.941 bits per heavy atom. The first-order chi connectivity index (χ1) is 8.08. The van der Waals surface area contributed by atoms with Crippen molar-refractivity contribution in [2.24, 2.45) is 0 Å². The number of ether oxygens (including phenoxy) is 1. The summed E-state index contributed by atoms with van der Waals surface area (Å²) in [4.78, 5) is 0. The van der Waals surface area contributed by atoms with Gasteiger partial charge in [0.05, 0.1) is 5.69 Å². The van der Waals surface area contributed by atoms with Crippen LogP contribution in [0.2, 0.25) is 0 Å². The highest BCUT2D eigenvalue weighted by atomic mass is 16.5. The van der Waals surface area contributed by atoms with E-state index in [0.29, 0.717) is 11.4 Å². The highest BCUT2D eigenvalue weighted by Gasteiger charge is 2.07. The summed E-state index contributed by atoms with van der Waals surface area (Å²) in [6.45, 7) is 6.08. The fraction of sp³-hybridized carbons (Fsp3) is 0.200. The summed E-state index contributed by atoms with van der Waals surface area (Å²) in [5.74, 6) is 1.61. The fourth-order valence-corrected chi connectivity index (χ4v) is 1.83. The van der Waals surface area contributed by atoms with E-state index in [1.165, 1.54) is 0 Å². The van der Waals surface area contributed by atoms with Gasteiger partial charge in [-0.2, -0.15) is 0 Å². The first-order valence-electron chi connectivity index (χ1n) is 5.68. The summed E-state index contributed by atoms with van der Waals surface area (Å²) in [7, 11) is 0. The minimum Gasteiger partial charge on any atom is -0.455 e. The lowest BCUT2D eigenvalue weighted by molar-refractivity contribution is 0.477. The Balaban J connectivity index is 2.38. The van der Waals surface area contributed by atoms with Crippen molar-refractivity contribution in [2.75, 3.05) is 5.73 Å². The van der Waals surface area contributed by atoms with E-state index in [-0.39, 0.29) is 0 Å². The van der Waals surface area contributed by atoms with E-state index in [2.05, 4.69) is 0 Å². The minimum absolute atomic E-state index is 0.674. The molecule has 88 valence electrons. The molecule has 2 aromatic rings. The van der Waals surface area contributed by atoms with Gasteiger partial charge in [-0.1, -0.05) is 24.3 Å². The third-order valence-electron chi connectivity index (χ3n) is 2.79. The topological polar surface area (TPSA) is 35.2 Å². The smallest absolute Gasteiger partial charge is 0.150 e. The normalized spacial score (nSPS) is 10.3. The number of hydrogen-bond donors (Lipinski definition) is 1. The lowest BCUT2D eigenvalue weighted by Gasteiger charge is -2.13. The first-order valence-corrected chi connectivity index (χ1v) is 5.68. The summed E-state index contributed by atoms with van der Waals surface area (Å²) >= 11 is 0. The third kappa shape index (κ3) is 2.41. The van der Waals surface area contributed by atoms with Crippen molar-refractivity contribution < 1.29 is 4.74 Å². The Labute approximate surface area is 102 Å².